The Hall–Kier alpha value is -1.77. The molecule has 0 atom stereocenters. The van der Waals surface area contributed by atoms with E-state index in [-0.39, 0.29) is 0 Å². The fourth-order valence-corrected chi connectivity index (χ4v) is 2.38. The molecule has 2 N–H and O–H groups in total. The predicted molar refractivity (Wildman–Crippen MR) is 74.4 cm³/mol. The van der Waals surface area contributed by atoms with Crippen molar-refractivity contribution in [2.75, 3.05) is 5.73 Å². The second kappa shape index (κ2) is 5.25. The molecule has 0 saturated carbocycles. The molecule has 18 heavy (non-hydrogen) atoms. The van der Waals surface area contributed by atoms with E-state index in [1.165, 1.54) is 5.56 Å². The third kappa shape index (κ3) is 2.13. The molecule has 2 aromatic rings. The van der Waals surface area contributed by atoms with Gasteiger partial charge in [0.25, 0.3) is 0 Å². The summed E-state index contributed by atoms with van der Waals surface area (Å²) in [4.78, 5) is 0. The second-order valence-electron chi connectivity index (χ2n) is 4.64. The Labute approximate surface area is 108 Å². The van der Waals surface area contributed by atoms with Gasteiger partial charge in [0.1, 0.15) is 5.76 Å². The first-order chi connectivity index (χ1) is 8.69. The molecule has 0 fully saturated rings. The fourth-order valence-electron chi connectivity index (χ4n) is 2.38. The SMILES string of the molecule is CCC(CC)c1onc(N)c1-c1ccccc1C. The van der Waals surface area contributed by atoms with E-state index < -0.39 is 0 Å². The number of nitrogens with zero attached hydrogens (tertiary/aromatic N) is 1. The number of rotatable bonds is 4. The molecule has 1 heterocycles. The van der Waals surface area contributed by atoms with Gasteiger partial charge in [-0.2, -0.15) is 0 Å². The Morgan fingerprint density at radius 2 is 1.89 bits per heavy atom. The molecule has 0 aliphatic heterocycles. The number of nitrogen functional groups attached to an aromatic ring is 1. The van der Waals surface area contributed by atoms with E-state index in [0.717, 1.165) is 29.7 Å². The molecule has 0 unspecified atom stereocenters. The molecule has 3 heteroatoms. The third-order valence-electron chi connectivity index (χ3n) is 3.52. The number of hydrogen-bond donors (Lipinski definition) is 1. The van der Waals surface area contributed by atoms with Gasteiger partial charge in [0, 0.05) is 5.92 Å². The molecule has 2 rings (SSSR count). The van der Waals surface area contributed by atoms with Gasteiger partial charge in [-0.25, -0.2) is 0 Å². The smallest absolute Gasteiger partial charge is 0.175 e. The molecule has 0 spiro atoms. The monoisotopic (exact) mass is 244 g/mol. The Bertz CT molecular complexity index is 527. The van der Waals surface area contributed by atoms with Crippen LogP contribution in [0.4, 0.5) is 5.82 Å². The second-order valence-corrected chi connectivity index (χ2v) is 4.64. The molecule has 1 aromatic heterocycles. The summed E-state index contributed by atoms with van der Waals surface area (Å²) in [7, 11) is 0. The van der Waals surface area contributed by atoms with Crippen molar-refractivity contribution >= 4 is 5.82 Å². The molecule has 0 amide bonds. The van der Waals surface area contributed by atoms with Gasteiger partial charge in [-0.1, -0.05) is 43.3 Å². The van der Waals surface area contributed by atoms with E-state index >= 15 is 0 Å². The average Bonchev–Trinajstić information content (AvgIpc) is 2.74. The Balaban J connectivity index is 2.57. The Morgan fingerprint density at radius 3 is 2.50 bits per heavy atom. The van der Waals surface area contributed by atoms with Gasteiger partial charge in [-0.15, -0.1) is 0 Å². The molecular weight excluding hydrogens is 224 g/mol. The first kappa shape index (κ1) is 12.7. The van der Waals surface area contributed by atoms with Gasteiger partial charge < -0.3 is 10.3 Å². The highest BCUT2D eigenvalue weighted by molar-refractivity contribution is 5.78. The largest absolute Gasteiger partial charge is 0.380 e. The standard InChI is InChI=1S/C15H20N2O/c1-4-11(5-2)14-13(15(16)17-18-14)12-9-7-6-8-10(12)3/h6-9,11H,4-5H2,1-3H3,(H2,16,17). The van der Waals surface area contributed by atoms with E-state index in [1.54, 1.807) is 0 Å². The summed E-state index contributed by atoms with van der Waals surface area (Å²) < 4.78 is 5.47. The third-order valence-corrected chi connectivity index (χ3v) is 3.52. The molecule has 1 aromatic carbocycles. The molecule has 0 aliphatic rings. The molecule has 0 bridgehead atoms. The lowest BCUT2D eigenvalue weighted by Crippen LogP contribution is -1.98. The highest BCUT2D eigenvalue weighted by atomic mass is 16.5. The summed E-state index contributed by atoms with van der Waals surface area (Å²) in [5.74, 6) is 1.79. The van der Waals surface area contributed by atoms with Gasteiger partial charge in [0.2, 0.25) is 0 Å². The van der Waals surface area contributed by atoms with Crippen molar-refractivity contribution < 1.29 is 4.52 Å². The zero-order valence-corrected chi connectivity index (χ0v) is 11.2. The quantitative estimate of drug-likeness (QED) is 0.879. The van der Waals surface area contributed by atoms with Crippen LogP contribution in [0.3, 0.4) is 0 Å². The van der Waals surface area contributed by atoms with E-state index in [4.69, 9.17) is 10.3 Å². The van der Waals surface area contributed by atoms with Crippen molar-refractivity contribution in [3.05, 3.63) is 35.6 Å². The number of nitrogens with two attached hydrogens (primary N) is 1. The van der Waals surface area contributed by atoms with Crippen molar-refractivity contribution in [3.63, 3.8) is 0 Å². The van der Waals surface area contributed by atoms with Crippen molar-refractivity contribution in [2.24, 2.45) is 0 Å². The first-order valence-corrected chi connectivity index (χ1v) is 6.50. The number of aromatic nitrogens is 1. The highest BCUT2D eigenvalue weighted by Gasteiger charge is 2.22. The van der Waals surface area contributed by atoms with Crippen LogP contribution in [0, 0.1) is 6.92 Å². The van der Waals surface area contributed by atoms with Crippen LogP contribution in [0.25, 0.3) is 11.1 Å². The molecule has 96 valence electrons. The zero-order valence-electron chi connectivity index (χ0n) is 11.2. The summed E-state index contributed by atoms with van der Waals surface area (Å²) >= 11 is 0. The number of aryl methyl sites for hydroxylation is 1. The minimum Gasteiger partial charge on any atom is -0.380 e. The van der Waals surface area contributed by atoms with Crippen LogP contribution in [0.5, 0.6) is 0 Å². The lowest BCUT2D eigenvalue weighted by Gasteiger charge is -2.12. The molecule has 3 nitrogen and oxygen atoms in total. The van der Waals surface area contributed by atoms with E-state index in [1.807, 2.05) is 12.1 Å². The van der Waals surface area contributed by atoms with Gasteiger partial charge in [-0.05, 0) is 30.9 Å². The minimum absolute atomic E-state index is 0.379. The van der Waals surface area contributed by atoms with Crippen LogP contribution in [-0.2, 0) is 0 Å². The van der Waals surface area contributed by atoms with Gasteiger partial charge >= 0.3 is 0 Å². The maximum absolute atomic E-state index is 5.98. The predicted octanol–water partition coefficient (Wildman–Crippen LogP) is 4.14. The van der Waals surface area contributed by atoms with Crippen LogP contribution in [0.15, 0.2) is 28.8 Å². The summed E-state index contributed by atoms with van der Waals surface area (Å²) in [6.07, 6.45) is 2.06. The van der Waals surface area contributed by atoms with Crippen LogP contribution < -0.4 is 5.73 Å². The number of hydrogen-bond acceptors (Lipinski definition) is 3. The Kier molecular flexibility index (Phi) is 3.70. The van der Waals surface area contributed by atoms with E-state index in [9.17, 15) is 0 Å². The van der Waals surface area contributed by atoms with Gasteiger partial charge in [0.15, 0.2) is 5.82 Å². The summed E-state index contributed by atoms with van der Waals surface area (Å²) in [6.45, 7) is 6.40. The summed E-state index contributed by atoms with van der Waals surface area (Å²) in [5.41, 5.74) is 9.28. The average molecular weight is 244 g/mol. The number of anilines is 1. The lowest BCUT2D eigenvalue weighted by molar-refractivity contribution is 0.356. The van der Waals surface area contributed by atoms with Gasteiger partial charge in [0.05, 0.1) is 5.56 Å². The maximum atomic E-state index is 5.98. The fraction of sp³-hybridized carbons (Fsp3) is 0.400. The zero-order chi connectivity index (χ0) is 13.1. The molecular formula is C15H20N2O. The molecule has 0 aliphatic carbocycles. The van der Waals surface area contributed by atoms with Crippen molar-refractivity contribution in [2.45, 2.75) is 39.5 Å². The normalized spacial score (nSPS) is 11.1. The first-order valence-electron chi connectivity index (χ1n) is 6.50. The van der Waals surface area contributed by atoms with Gasteiger partial charge in [-0.3, -0.25) is 0 Å². The van der Waals surface area contributed by atoms with Crippen LogP contribution in [-0.4, -0.2) is 5.16 Å². The Morgan fingerprint density at radius 1 is 1.22 bits per heavy atom. The summed E-state index contributed by atoms with van der Waals surface area (Å²) in [6, 6.07) is 8.20. The summed E-state index contributed by atoms with van der Waals surface area (Å²) in [5, 5.41) is 3.95. The van der Waals surface area contributed by atoms with Crippen molar-refractivity contribution in [3.8, 4) is 11.1 Å². The van der Waals surface area contributed by atoms with Crippen molar-refractivity contribution in [1.82, 2.24) is 5.16 Å². The van der Waals surface area contributed by atoms with Crippen LogP contribution in [0.1, 0.15) is 43.9 Å². The van der Waals surface area contributed by atoms with Crippen LogP contribution >= 0.6 is 0 Å². The lowest BCUT2D eigenvalue weighted by atomic mass is 9.92. The minimum atomic E-state index is 0.379. The topological polar surface area (TPSA) is 52.0 Å². The van der Waals surface area contributed by atoms with Crippen LogP contribution in [0.2, 0.25) is 0 Å². The van der Waals surface area contributed by atoms with Crippen molar-refractivity contribution in [1.29, 1.82) is 0 Å². The molecule has 0 saturated heterocycles. The molecule has 0 radical (unpaired) electrons. The number of benzene rings is 1. The van der Waals surface area contributed by atoms with E-state index in [0.29, 0.717) is 11.7 Å². The van der Waals surface area contributed by atoms with E-state index in [2.05, 4.69) is 38.1 Å². The highest BCUT2D eigenvalue weighted by Crippen LogP contribution is 2.38. The maximum Gasteiger partial charge on any atom is 0.175 e.